The Bertz CT molecular complexity index is 1020. The Kier molecular flexibility index (Phi) is 7.00. The third-order valence-electron chi connectivity index (χ3n) is 4.76. The molecule has 2 heterocycles. The number of fused-ring (bicyclic) bond motifs is 1. The quantitative estimate of drug-likeness (QED) is 0.538. The molecular formula is C20H24ClN5O3. The molecule has 1 amide bonds. The van der Waals surface area contributed by atoms with Crippen LogP contribution < -0.4 is 10.9 Å². The van der Waals surface area contributed by atoms with Crippen molar-refractivity contribution < 1.29 is 9.32 Å². The summed E-state index contributed by atoms with van der Waals surface area (Å²) in [4.78, 5) is 31.6. The molecule has 1 N–H and O–H groups in total. The van der Waals surface area contributed by atoms with E-state index in [-0.39, 0.29) is 29.1 Å². The van der Waals surface area contributed by atoms with Crippen molar-refractivity contribution >= 4 is 28.6 Å². The van der Waals surface area contributed by atoms with Crippen LogP contribution in [0.3, 0.4) is 0 Å². The molecule has 0 saturated carbocycles. The third kappa shape index (κ3) is 5.02. The highest BCUT2D eigenvalue weighted by molar-refractivity contribution is 6.30. The standard InChI is InChI=1S/C20H24ClN5O3/c1-3-25(4-2)11-5-10-22-16(27)12-26-13-23-19-17(20(26)28)18(24-29-19)14-6-8-15(21)9-7-14/h6-9,13H,3-5,10-12H2,1-2H3,(H,22,27). The summed E-state index contributed by atoms with van der Waals surface area (Å²) < 4.78 is 6.45. The van der Waals surface area contributed by atoms with Gasteiger partial charge in [0, 0.05) is 17.1 Å². The molecule has 8 nitrogen and oxygen atoms in total. The zero-order valence-electron chi connectivity index (χ0n) is 16.5. The lowest BCUT2D eigenvalue weighted by atomic mass is 10.1. The SMILES string of the molecule is CCN(CC)CCCNC(=O)Cn1cnc2onc(-c3ccc(Cl)cc3)c2c1=O. The van der Waals surface area contributed by atoms with Gasteiger partial charge in [0.05, 0.1) is 0 Å². The number of carbonyl (C=O) groups excluding carboxylic acids is 1. The van der Waals surface area contributed by atoms with E-state index in [1.165, 1.54) is 10.9 Å². The zero-order chi connectivity index (χ0) is 20.8. The number of nitrogens with zero attached hydrogens (tertiary/aromatic N) is 4. The van der Waals surface area contributed by atoms with Gasteiger partial charge in [-0.3, -0.25) is 14.2 Å². The summed E-state index contributed by atoms with van der Waals surface area (Å²) in [5.74, 6) is -0.239. The van der Waals surface area contributed by atoms with Crippen molar-refractivity contribution in [2.75, 3.05) is 26.2 Å². The minimum absolute atomic E-state index is 0.113. The van der Waals surface area contributed by atoms with Gasteiger partial charge >= 0.3 is 0 Å². The maximum Gasteiger partial charge on any atom is 0.267 e. The molecule has 2 aromatic heterocycles. The van der Waals surface area contributed by atoms with Gasteiger partial charge in [0.2, 0.25) is 5.91 Å². The molecule has 29 heavy (non-hydrogen) atoms. The van der Waals surface area contributed by atoms with E-state index in [1.807, 2.05) is 0 Å². The highest BCUT2D eigenvalue weighted by Gasteiger charge is 2.18. The average Bonchev–Trinajstić information content (AvgIpc) is 3.16. The minimum Gasteiger partial charge on any atom is -0.354 e. The first kappa shape index (κ1) is 21.0. The summed E-state index contributed by atoms with van der Waals surface area (Å²) in [6.45, 7) is 7.56. The fraction of sp³-hybridized carbons (Fsp3) is 0.400. The Morgan fingerprint density at radius 3 is 2.66 bits per heavy atom. The van der Waals surface area contributed by atoms with E-state index in [0.29, 0.717) is 22.8 Å². The summed E-state index contributed by atoms with van der Waals surface area (Å²) in [5, 5.41) is 7.64. The fourth-order valence-corrected chi connectivity index (χ4v) is 3.20. The number of hydrogen-bond acceptors (Lipinski definition) is 6. The first-order valence-electron chi connectivity index (χ1n) is 9.63. The number of hydrogen-bond donors (Lipinski definition) is 1. The lowest BCUT2D eigenvalue weighted by Gasteiger charge is -2.17. The van der Waals surface area contributed by atoms with Crippen LogP contribution in [0.15, 0.2) is 39.9 Å². The van der Waals surface area contributed by atoms with Gasteiger partial charge in [-0.15, -0.1) is 0 Å². The van der Waals surface area contributed by atoms with Gasteiger partial charge < -0.3 is 14.7 Å². The van der Waals surface area contributed by atoms with Gasteiger partial charge in [-0.1, -0.05) is 42.7 Å². The molecule has 3 rings (SSSR count). The van der Waals surface area contributed by atoms with Crippen LogP contribution >= 0.6 is 11.6 Å². The van der Waals surface area contributed by atoms with Crippen molar-refractivity contribution in [3.63, 3.8) is 0 Å². The second-order valence-corrected chi connectivity index (χ2v) is 7.06. The summed E-state index contributed by atoms with van der Waals surface area (Å²) in [5.41, 5.74) is 0.823. The molecule has 0 atom stereocenters. The number of benzene rings is 1. The van der Waals surface area contributed by atoms with E-state index >= 15 is 0 Å². The zero-order valence-corrected chi connectivity index (χ0v) is 17.3. The molecule has 0 saturated heterocycles. The number of halogens is 1. The van der Waals surface area contributed by atoms with Gasteiger partial charge in [-0.2, -0.15) is 0 Å². The largest absolute Gasteiger partial charge is 0.354 e. The third-order valence-corrected chi connectivity index (χ3v) is 5.01. The minimum atomic E-state index is -0.375. The van der Waals surface area contributed by atoms with Crippen LogP contribution in [0.1, 0.15) is 20.3 Å². The lowest BCUT2D eigenvalue weighted by Crippen LogP contribution is -2.34. The van der Waals surface area contributed by atoms with E-state index in [1.54, 1.807) is 24.3 Å². The molecule has 3 aromatic rings. The predicted molar refractivity (Wildman–Crippen MR) is 112 cm³/mol. The van der Waals surface area contributed by atoms with Gasteiger partial charge in [-0.05, 0) is 38.2 Å². The van der Waals surface area contributed by atoms with E-state index in [4.69, 9.17) is 16.1 Å². The molecule has 154 valence electrons. The molecule has 0 aliphatic heterocycles. The molecule has 0 unspecified atom stereocenters. The van der Waals surface area contributed by atoms with Crippen molar-refractivity contribution in [1.29, 1.82) is 0 Å². The predicted octanol–water partition coefficient (Wildman–Crippen LogP) is 2.55. The Morgan fingerprint density at radius 1 is 1.24 bits per heavy atom. The first-order valence-corrected chi connectivity index (χ1v) is 10.0. The van der Waals surface area contributed by atoms with E-state index < -0.39 is 0 Å². The average molecular weight is 418 g/mol. The Labute approximate surface area is 173 Å². The first-order chi connectivity index (χ1) is 14.0. The van der Waals surface area contributed by atoms with Gasteiger partial charge in [0.1, 0.15) is 24.0 Å². The molecule has 1 aromatic carbocycles. The lowest BCUT2D eigenvalue weighted by molar-refractivity contribution is -0.121. The number of rotatable bonds is 9. The van der Waals surface area contributed by atoms with Crippen LogP contribution in [-0.4, -0.2) is 51.7 Å². The van der Waals surface area contributed by atoms with Crippen molar-refractivity contribution in [2.45, 2.75) is 26.8 Å². The van der Waals surface area contributed by atoms with E-state index in [9.17, 15) is 9.59 Å². The molecule has 9 heteroatoms. The highest BCUT2D eigenvalue weighted by atomic mass is 35.5. The van der Waals surface area contributed by atoms with Crippen molar-refractivity contribution in [2.24, 2.45) is 0 Å². The second kappa shape index (κ2) is 9.67. The number of aromatic nitrogens is 3. The van der Waals surface area contributed by atoms with E-state index in [2.05, 4.69) is 34.2 Å². The summed E-state index contributed by atoms with van der Waals surface area (Å²) in [6.07, 6.45) is 2.16. The Morgan fingerprint density at radius 2 is 1.97 bits per heavy atom. The smallest absolute Gasteiger partial charge is 0.267 e. The summed E-state index contributed by atoms with van der Waals surface area (Å²) in [7, 11) is 0. The molecule has 0 radical (unpaired) electrons. The number of carbonyl (C=O) groups is 1. The van der Waals surface area contributed by atoms with Crippen LogP contribution in [0.4, 0.5) is 0 Å². The highest BCUT2D eigenvalue weighted by Crippen LogP contribution is 2.25. The van der Waals surface area contributed by atoms with Crippen LogP contribution in [0.2, 0.25) is 5.02 Å². The molecule has 0 bridgehead atoms. The van der Waals surface area contributed by atoms with Crippen molar-refractivity contribution in [1.82, 2.24) is 24.9 Å². The van der Waals surface area contributed by atoms with Gasteiger partial charge in [0.25, 0.3) is 11.3 Å². The maximum absolute atomic E-state index is 12.9. The summed E-state index contributed by atoms with van der Waals surface area (Å²) >= 11 is 5.92. The number of amides is 1. The summed E-state index contributed by atoms with van der Waals surface area (Å²) in [6, 6.07) is 6.91. The van der Waals surface area contributed by atoms with Crippen LogP contribution in [0.25, 0.3) is 22.4 Å². The molecule has 0 aliphatic carbocycles. The van der Waals surface area contributed by atoms with Gasteiger partial charge in [0.15, 0.2) is 0 Å². The van der Waals surface area contributed by atoms with Crippen molar-refractivity contribution in [3.05, 3.63) is 46.0 Å². The van der Waals surface area contributed by atoms with Crippen molar-refractivity contribution in [3.8, 4) is 11.3 Å². The normalized spacial score (nSPS) is 11.3. The van der Waals surface area contributed by atoms with E-state index in [0.717, 1.165) is 26.1 Å². The molecule has 0 aliphatic rings. The Balaban J connectivity index is 1.71. The second-order valence-electron chi connectivity index (χ2n) is 6.63. The fourth-order valence-electron chi connectivity index (χ4n) is 3.08. The number of nitrogens with one attached hydrogen (secondary N) is 1. The monoisotopic (exact) mass is 417 g/mol. The van der Waals surface area contributed by atoms with Crippen LogP contribution in [-0.2, 0) is 11.3 Å². The topological polar surface area (TPSA) is 93.3 Å². The maximum atomic E-state index is 12.9. The molecule has 0 spiro atoms. The Hall–Kier alpha value is -2.71. The van der Waals surface area contributed by atoms with Gasteiger partial charge in [-0.25, -0.2) is 4.98 Å². The molecule has 0 fully saturated rings. The van der Waals surface area contributed by atoms with Crippen LogP contribution in [0.5, 0.6) is 0 Å². The van der Waals surface area contributed by atoms with Crippen LogP contribution in [0, 0.1) is 0 Å². The molecular weight excluding hydrogens is 394 g/mol.